The Morgan fingerprint density at radius 1 is 1.32 bits per heavy atom. The molecule has 2 aromatic rings. The van der Waals surface area contributed by atoms with Crippen molar-refractivity contribution in [2.24, 2.45) is 5.16 Å². The Labute approximate surface area is 113 Å². The number of hydrogen-bond acceptors (Lipinski definition) is 3. The Kier molecular flexibility index (Phi) is 4.34. The second-order valence-electron chi connectivity index (χ2n) is 4.43. The van der Waals surface area contributed by atoms with Gasteiger partial charge in [-0.1, -0.05) is 42.4 Å². The fraction of sp³-hybridized carbons (Fsp3) is 0.333. The molecular formula is C15H19N3O. The van der Waals surface area contributed by atoms with E-state index in [1.165, 1.54) is 0 Å². The van der Waals surface area contributed by atoms with Gasteiger partial charge in [-0.3, -0.25) is 0 Å². The summed E-state index contributed by atoms with van der Waals surface area (Å²) in [5.74, 6) is 0.859. The van der Waals surface area contributed by atoms with Crippen molar-refractivity contribution in [3.63, 3.8) is 0 Å². The summed E-state index contributed by atoms with van der Waals surface area (Å²) < 4.78 is 0. The molecule has 0 saturated carbocycles. The molecule has 0 unspecified atom stereocenters. The molecule has 100 valence electrons. The first-order valence-electron chi connectivity index (χ1n) is 6.51. The van der Waals surface area contributed by atoms with E-state index in [1.54, 1.807) is 0 Å². The molecule has 0 saturated heterocycles. The summed E-state index contributed by atoms with van der Waals surface area (Å²) in [6.07, 6.45) is 0.950. The molecule has 0 aliphatic rings. The van der Waals surface area contributed by atoms with Crippen LogP contribution >= 0.6 is 0 Å². The molecule has 0 spiro atoms. The number of aromatic nitrogens is 2. The Bertz CT molecular complexity index is 558. The lowest BCUT2D eigenvalue weighted by molar-refractivity contribution is 0.145. The molecule has 0 atom stereocenters. The number of aromatic amines is 1. The van der Waals surface area contributed by atoms with E-state index < -0.39 is 0 Å². The highest BCUT2D eigenvalue weighted by atomic mass is 16.6. The average Bonchev–Trinajstić information content (AvgIpc) is 2.82. The third kappa shape index (κ3) is 3.22. The van der Waals surface area contributed by atoms with Crippen LogP contribution in [0, 0.1) is 6.92 Å². The number of hydrogen-bond donors (Lipinski definition) is 1. The Morgan fingerprint density at radius 2 is 2.05 bits per heavy atom. The number of nitrogens with one attached hydrogen (secondary N) is 1. The molecule has 1 aromatic heterocycles. The molecule has 0 amide bonds. The molecule has 0 aliphatic heterocycles. The van der Waals surface area contributed by atoms with Crippen molar-refractivity contribution in [3.05, 3.63) is 41.7 Å². The first kappa shape index (κ1) is 13.3. The monoisotopic (exact) mass is 257 g/mol. The summed E-state index contributed by atoms with van der Waals surface area (Å²) in [6.45, 7) is 6.59. The van der Waals surface area contributed by atoms with Crippen LogP contribution in [0.3, 0.4) is 0 Å². The van der Waals surface area contributed by atoms with Gasteiger partial charge in [0.05, 0.1) is 0 Å². The number of rotatable bonds is 5. The van der Waals surface area contributed by atoms with Crippen molar-refractivity contribution in [2.75, 3.05) is 6.61 Å². The van der Waals surface area contributed by atoms with Gasteiger partial charge in [0, 0.05) is 11.3 Å². The van der Waals surface area contributed by atoms with Crippen LogP contribution in [0.1, 0.15) is 31.7 Å². The molecular weight excluding hydrogens is 238 g/mol. The Balaban J connectivity index is 2.24. The quantitative estimate of drug-likeness (QED) is 0.506. The van der Waals surface area contributed by atoms with E-state index >= 15 is 0 Å². The van der Waals surface area contributed by atoms with Gasteiger partial charge < -0.3 is 9.82 Å². The average molecular weight is 257 g/mol. The molecule has 1 heterocycles. The number of aryl methyl sites for hydroxylation is 1. The summed E-state index contributed by atoms with van der Waals surface area (Å²) in [7, 11) is 0. The van der Waals surface area contributed by atoms with Crippen LogP contribution in [0.15, 0.2) is 35.5 Å². The fourth-order valence-corrected chi connectivity index (χ4v) is 1.82. The van der Waals surface area contributed by atoms with E-state index in [0.717, 1.165) is 34.9 Å². The summed E-state index contributed by atoms with van der Waals surface area (Å²) in [5.41, 5.74) is 3.72. The van der Waals surface area contributed by atoms with Crippen molar-refractivity contribution < 1.29 is 4.84 Å². The third-order valence-corrected chi connectivity index (χ3v) is 2.77. The highest BCUT2D eigenvalue weighted by Gasteiger charge is 2.11. The van der Waals surface area contributed by atoms with Gasteiger partial charge in [0.1, 0.15) is 23.8 Å². The van der Waals surface area contributed by atoms with E-state index in [0.29, 0.717) is 6.61 Å². The lowest BCUT2D eigenvalue weighted by Crippen LogP contribution is -1.99. The topological polar surface area (TPSA) is 50.3 Å². The Morgan fingerprint density at radius 3 is 2.74 bits per heavy atom. The summed E-state index contributed by atoms with van der Waals surface area (Å²) in [6, 6.07) is 10.0. The molecule has 0 aliphatic carbocycles. The number of nitrogens with zero attached hydrogens (tertiary/aromatic N) is 2. The van der Waals surface area contributed by atoms with E-state index in [4.69, 9.17) is 4.84 Å². The maximum atomic E-state index is 5.20. The minimum atomic E-state index is 0.631. The molecule has 0 bridgehead atoms. The zero-order valence-corrected chi connectivity index (χ0v) is 11.6. The maximum absolute atomic E-state index is 5.20. The van der Waals surface area contributed by atoms with Gasteiger partial charge >= 0.3 is 0 Å². The zero-order valence-electron chi connectivity index (χ0n) is 11.6. The standard InChI is InChI=1S/C15H19N3O/c1-4-10-19-18-12(3)14-11(2)16-15(17-14)13-8-6-5-7-9-13/h5-9H,4,10H2,1-3H3,(H,16,17)/b18-12+. The van der Waals surface area contributed by atoms with E-state index in [-0.39, 0.29) is 0 Å². The van der Waals surface area contributed by atoms with E-state index in [2.05, 4.69) is 22.0 Å². The number of oxime groups is 1. The molecule has 4 heteroatoms. The molecule has 19 heavy (non-hydrogen) atoms. The van der Waals surface area contributed by atoms with Gasteiger partial charge in [-0.15, -0.1) is 0 Å². The summed E-state index contributed by atoms with van der Waals surface area (Å²) in [4.78, 5) is 13.1. The van der Waals surface area contributed by atoms with Gasteiger partial charge in [0.2, 0.25) is 0 Å². The number of imidazole rings is 1. The molecule has 0 fully saturated rings. The van der Waals surface area contributed by atoms with Crippen LogP contribution in [-0.2, 0) is 4.84 Å². The fourth-order valence-electron chi connectivity index (χ4n) is 1.82. The van der Waals surface area contributed by atoms with E-state index in [9.17, 15) is 0 Å². The normalized spacial score (nSPS) is 11.6. The predicted octanol–water partition coefficient (Wildman–Crippen LogP) is 3.54. The van der Waals surface area contributed by atoms with Crippen LogP contribution < -0.4 is 0 Å². The SMILES string of the molecule is CCCO/N=C(\C)c1nc(-c2ccccc2)[nH]c1C. The maximum Gasteiger partial charge on any atom is 0.138 e. The van der Waals surface area contributed by atoms with Crippen molar-refractivity contribution in [2.45, 2.75) is 27.2 Å². The second-order valence-corrected chi connectivity index (χ2v) is 4.43. The minimum Gasteiger partial charge on any atom is -0.396 e. The molecule has 4 nitrogen and oxygen atoms in total. The molecule has 2 rings (SSSR count). The van der Waals surface area contributed by atoms with Crippen molar-refractivity contribution in [3.8, 4) is 11.4 Å². The smallest absolute Gasteiger partial charge is 0.138 e. The molecule has 1 aromatic carbocycles. The van der Waals surface area contributed by atoms with Crippen molar-refractivity contribution >= 4 is 5.71 Å². The zero-order chi connectivity index (χ0) is 13.7. The molecule has 1 N–H and O–H groups in total. The number of benzene rings is 1. The first-order chi connectivity index (χ1) is 9.22. The highest BCUT2D eigenvalue weighted by molar-refractivity contribution is 5.98. The van der Waals surface area contributed by atoms with Gasteiger partial charge in [-0.05, 0) is 20.3 Å². The summed E-state index contributed by atoms with van der Waals surface area (Å²) >= 11 is 0. The van der Waals surface area contributed by atoms with Gasteiger partial charge in [-0.2, -0.15) is 0 Å². The third-order valence-electron chi connectivity index (χ3n) is 2.77. The van der Waals surface area contributed by atoms with Gasteiger partial charge in [0.25, 0.3) is 0 Å². The predicted molar refractivity (Wildman–Crippen MR) is 77.2 cm³/mol. The van der Waals surface area contributed by atoms with Crippen LogP contribution in [0.5, 0.6) is 0 Å². The highest BCUT2D eigenvalue weighted by Crippen LogP contribution is 2.18. The van der Waals surface area contributed by atoms with Crippen LogP contribution in [0.2, 0.25) is 0 Å². The van der Waals surface area contributed by atoms with Gasteiger partial charge in [-0.25, -0.2) is 4.98 Å². The minimum absolute atomic E-state index is 0.631. The van der Waals surface area contributed by atoms with Crippen molar-refractivity contribution in [1.29, 1.82) is 0 Å². The second kappa shape index (κ2) is 6.18. The Hall–Kier alpha value is -2.10. The first-order valence-corrected chi connectivity index (χ1v) is 6.51. The van der Waals surface area contributed by atoms with Crippen LogP contribution in [0.25, 0.3) is 11.4 Å². The summed E-state index contributed by atoms with van der Waals surface area (Å²) in [5, 5.41) is 4.09. The van der Waals surface area contributed by atoms with Gasteiger partial charge in [0.15, 0.2) is 0 Å². The van der Waals surface area contributed by atoms with Crippen molar-refractivity contribution in [1.82, 2.24) is 9.97 Å². The largest absolute Gasteiger partial charge is 0.396 e. The van der Waals surface area contributed by atoms with Crippen LogP contribution in [-0.4, -0.2) is 22.3 Å². The lowest BCUT2D eigenvalue weighted by Gasteiger charge is -1.98. The van der Waals surface area contributed by atoms with Crippen LogP contribution in [0.4, 0.5) is 0 Å². The number of H-pyrrole nitrogens is 1. The van der Waals surface area contributed by atoms with E-state index in [1.807, 2.05) is 44.2 Å². The lowest BCUT2D eigenvalue weighted by atomic mass is 10.2. The molecule has 0 radical (unpaired) electrons.